The van der Waals surface area contributed by atoms with Crippen LogP contribution in [0.5, 0.6) is 0 Å². The Balaban J connectivity index is 0. The van der Waals surface area contributed by atoms with Crippen LogP contribution in [0.25, 0.3) is 21.5 Å². The van der Waals surface area contributed by atoms with E-state index in [0.717, 1.165) is 23.7 Å². The molecule has 0 atom stereocenters. The number of aliphatic hydroxyl groups excluding tert-OH is 2. The molecule has 0 bridgehead atoms. The first kappa shape index (κ1) is 31.8. The summed E-state index contributed by atoms with van der Waals surface area (Å²) in [5, 5.41) is 19.3. The molecule has 2 nitrogen and oxygen atoms in total. The summed E-state index contributed by atoms with van der Waals surface area (Å²) in [6.07, 6.45) is 0. The van der Waals surface area contributed by atoms with Crippen molar-refractivity contribution in [3.63, 3.8) is 0 Å². The van der Waals surface area contributed by atoms with Crippen molar-refractivity contribution in [1.29, 1.82) is 0 Å². The smallest absolute Gasteiger partial charge is 0.400 e. The predicted molar refractivity (Wildman–Crippen MR) is 138 cm³/mol. The van der Waals surface area contributed by atoms with Gasteiger partial charge < -0.3 is 10.2 Å². The number of fused-ring (bicyclic) bond motifs is 2. The molecule has 4 rings (SSSR count). The maximum atomic E-state index is 7.00. The Kier molecular flexibility index (Phi) is 19.3. The molecule has 0 aliphatic carbocycles. The minimum absolute atomic E-state index is 0. The molecule has 6 heteroatoms. The third-order valence-corrected chi connectivity index (χ3v) is 5.07. The van der Waals surface area contributed by atoms with Crippen molar-refractivity contribution in [2.24, 2.45) is 0 Å². The summed E-state index contributed by atoms with van der Waals surface area (Å²) in [5.74, 6) is 0. The van der Waals surface area contributed by atoms with Crippen LogP contribution in [0.1, 0.15) is 11.1 Å². The average molecular weight is 630 g/mol. The maximum absolute atomic E-state index is 7.00. The first-order valence-electron chi connectivity index (χ1n) is 9.07. The second-order valence-electron chi connectivity index (χ2n) is 6.05. The van der Waals surface area contributed by atoms with Crippen LogP contribution in [0.15, 0.2) is 69.6 Å². The van der Waals surface area contributed by atoms with Crippen LogP contribution in [0, 0.1) is 13.8 Å². The van der Waals surface area contributed by atoms with E-state index in [1.165, 1.54) is 41.6 Å². The third-order valence-electron chi connectivity index (χ3n) is 3.68. The molecular weight excluding hydrogens is 599 g/mol. The van der Waals surface area contributed by atoms with Gasteiger partial charge in [0.25, 0.3) is 0 Å². The fourth-order valence-corrected chi connectivity index (χ4v) is 3.68. The van der Waals surface area contributed by atoms with Crippen molar-refractivity contribution < 1.29 is 36.4 Å². The number of aliphatic hydroxyl groups is 2. The summed E-state index contributed by atoms with van der Waals surface area (Å²) in [7, 11) is 3.08. The summed E-state index contributed by atoms with van der Waals surface area (Å²) >= 11 is 7.02. The Morgan fingerprint density at radius 1 is 0.700 bits per heavy atom. The number of hydrogen-bond donors (Lipinski definition) is 2. The number of aryl methyl sites for hydroxylation is 2. The molecule has 0 spiro atoms. The average Bonchev–Trinajstić information content (AvgIpc) is 3.29. The minimum Gasteiger partial charge on any atom is -0.400 e. The van der Waals surface area contributed by atoms with Crippen LogP contribution in [0.2, 0.25) is 13.1 Å². The van der Waals surface area contributed by atoms with Gasteiger partial charge in [-0.1, -0.05) is 70.9 Å². The van der Waals surface area contributed by atoms with E-state index in [1.807, 2.05) is 0 Å². The summed E-state index contributed by atoms with van der Waals surface area (Å²) < 4.78 is 2.37. The van der Waals surface area contributed by atoms with Crippen molar-refractivity contribution in [3.8, 4) is 0 Å². The zero-order valence-corrected chi connectivity index (χ0v) is 25.1. The van der Waals surface area contributed by atoms with E-state index in [2.05, 4.69) is 119 Å². The standard InChI is InChI=1S/2C10H8Br.C2H6Si.2CH4O.Zr/c2*1-7-5-8-3-2-4-10(11)9(8)6-7;1-3-2;2*1-2;/h2*2-6H,1H3;1-2H3;2*2H,1H3;/q2*-1;;;;+2. The first-order chi connectivity index (χ1) is 14.0. The summed E-state index contributed by atoms with van der Waals surface area (Å²) in [4.78, 5) is 0. The molecule has 2 radical (unpaired) electrons. The van der Waals surface area contributed by atoms with Crippen molar-refractivity contribution in [2.45, 2.75) is 26.9 Å². The van der Waals surface area contributed by atoms with Crippen LogP contribution < -0.4 is 0 Å². The Morgan fingerprint density at radius 2 is 1.00 bits per heavy atom. The van der Waals surface area contributed by atoms with Gasteiger partial charge in [-0.3, -0.25) is 0 Å². The van der Waals surface area contributed by atoms with Gasteiger partial charge in [0.15, 0.2) is 0 Å². The molecule has 0 amide bonds. The number of rotatable bonds is 0. The van der Waals surface area contributed by atoms with E-state index in [9.17, 15) is 0 Å². The Bertz CT molecular complexity index is 886. The number of benzene rings is 2. The fourth-order valence-electron chi connectivity index (χ4n) is 2.69. The quantitative estimate of drug-likeness (QED) is 0.159. The van der Waals surface area contributed by atoms with E-state index in [0.29, 0.717) is 0 Å². The topological polar surface area (TPSA) is 40.5 Å². The summed E-state index contributed by atoms with van der Waals surface area (Å²) in [6, 6.07) is 21.3. The molecule has 0 saturated carbocycles. The molecule has 0 aromatic heterocycles. The van der Waals surface area contributed by atoms with E-state index >= 15 is 0 Å². The Morgan fingerprint density at radius 3 is 1.27 bits per heavy atom. The van der Waals surface area contributed by atoms with Gasteiger partial charge in [-0.15, -0.1) is 69.1 Å². The van der Waals surface area contributed by atoms with Crippen molar-refractivity contribution in [1.82, 2.24) is 0 Å². The zero-order chi connectivity index (χ0) is 22.4. The van der Waals surface area contributed by atoms with Crippen LogP contribution in [0.3, 0.4) is 0 Å². The number of hydrogen-bond acceptors (Lipinski definition) is 2. The molecule has 0 fully saturated rings. The van der Waals surface area contributed by atoms with Crippen LogP contribution >= 0.6 is 31.9 Å². The largest absolute Gasteiger partial charge is 2.00 e. The molecular formula is C24H30Br2O2SiZr. The minimum atomic E-state index is 0. The monoisotopic (exact) mass is 626 g/mol. The molecule has 4 aromatic carbocycles. The van der Waals surface area contributed by atoms with Gasteiger partial charge in [-0.05, 0) is 8.95 Å². The summed E-state index contributed by atoms with van der Waals surface area (Å²) in [6.45, 7) is 8.54. The van der Waals surface area contributed by atoms with E-state index in [1.54, 1.807) is 0 Å². The van der Waals surface area contributed by atoms with Gasteiger partial charge >= 0.3 is 26.2 Å². The van der Waals surface area contributed by atoms with E-state index < -0.39 is 0 Å². The molecule has 0 saturated heterocycles. The van der Waals surface area contributed by atoms with E-state index in [4.69, 9.17) is 10.2 Å². The van der Waals surface area contributed by atoms with Crippen LogP contribution in [0.4, 0.5) is 0 Å². The van der Waals surface area contributed by atoms with Gasteiger partial charge in [-0.2, -0.15) is 12.1 Å². The van der Waals surface area contributed by atoms with Gasteiger partial charge in [0, 0.05) is 23.7 Å². The van der Waals surface area contributed by atoms with Crippen molar-refractivity contribution in [3.05, 3.63) is 80.7 Å². The molecule has 160 valence electrons. The molecule has 4 aromatic rings. The van der Waals surface area contributed by atoms with Crippen LogP contribution in [-0.4, -0.2) is 34.0 Å². The first-order valence-corrected chi connectivity index (χ1v) is 12.7. The third kappa shape index (κ3) is 10.3. The van der Waals surface area contributed by atoms with Gasteiger partial charge in [-0.25, -0.2) is 0 Å². The Labute approximate surface area is 219 Å². The normalized spacial score (nSPS) is 8.87. The predicted octanol–water partition coefficient (Wildman–Crippen LogP) is 7.26. The molecule has 30 heavy (non-hydrogen) atoms. The molecule has 0 unspecified atom stereocenters. The fraction of sp³-hybridized carbons (Fsp3) is 0.250. The van der Waals surface area contributed by atoms with Crippen molar-refractivity contribution >= 4 is 62.9 Å². The molecule has 0 aliphatic heterocycles. The van der Waals surface area contributed by atoms with Gasteiger partial charge in [0.2, 0.25) is 0 Å². The zero-order valence-electron chi connectivity index (χ0n) is 18.4. The maximum Gasteiger partial charge on any atom is 2.00 e. The second kappa shape index (κ2) is 18.2. The number of halogens is 2. The molecule has 2 N–H and O–H groups in total. The van der Waals surface area contributed by atoms with E-state index in [-0.39, 0.29) is 26.2 Å². The molecule has 0 heterocycles. The Hall–Kier alpha value is -0.360. The van der Waals surface area contributed by atoms with Gasteiger partial charge in [0.1, 0.15) is 0 Å². The van der Waals surface area contributed by atoms with Crippen molar-refractivity contribution in [2.75, 3.05) is 14.2 Å². The van der Waals surface area contributed by atoms with Crippen LogP contribution in [-0.2, 0) is 26.2 Å². The van der Waals surface area contributed by atoms with Gasteiger partial charge in [0.05, 0.1) is 0 Å². The SMILES string of the molecule is CO.CO.C[Si]C.Cc1cc2c(Br)cccc2[cH-]1.Cc1cc2c(Br)cccc2[cH-]1.[Zr+2]. The second-order valence-corrected chi connectivity index (χ2v) is 8.76. The summed E-state index contributed by atoms with van der Waals surface area (Å²) in [5.41, 5.74) is 2.65. The molecule has 0 aliphatic rings.